The molecular weight excluding hydrogens is 220 g/mol. The number of benzene rings is 1. The lowest BCUT2D eigenvalue weighted by atomic mass is 9.96. The van der Waals surface area contributed by atoms with E-state index in [1.54, 1.807) is 21.3 Å². The smallest absolute Gasteiger partial charge is 0.203 e. The Morgan fingerprint density at radius 1 is 1.06 bits per heavy atom. The molecule has 0 fully saturated rings. The Kier molecular flexibility index (Phi) is 5.10. The van der Waals surface area contributed by atoms with E-state index >= 15 is 0 Å². The van der Waals surface area contributed by atoms with Crippen LogP contribution in [0, 0.1) is 0 Å². The average molecular weight is 240 g/mol. The third-order valence-electron chi connectivity index (χ3n) is 2.87. The molecule has 1 atom stereocenters. The van der Waals surface area contributed by atoms with Crippen LogP contribution >= 0.6 is 0 Å². The average Bonchev–Trinajstić information content (AvgIpc) is 2.38. The van der Waals surface area contributed by atoms with Crippen molar-refractivity contribution in [2.75, 3.05) is 27.9 Å². The first-order valence-corrected chi connectivity index (χ1v) is 5.62. The molecule has 1 aromatic carbocycles. The van der Waals surface area contributed by atoms with Crippen LogP contribution in [0.2, 0.25) is 0 Å². The van der Waals surface area contributed by atoms with E-state index in [2.05, 4.69) is 0 Å². The van der Waals surface area contributed by atoms with Crippen molar-refractivity contribution in [3.05, 3.63) is 17.7 Å². The zero-order valence-electron chi connectivity index (χ0n) is 10.8. The van der Waals surface area contributed by atoms with E-state index in [0.717, 1.165) is 12.0 Å². The minimum Gasteiger partial charge on any atom is -0.493 e. The quantitative estimate of drug-likeness (QED) is 0.828. The van der Waals surface area contributed by atoms with E-state index in [1.807, 2.05) is 19.1 Å². The van der Waals surface area contributed by atoms with Crippen molar-refractivity contribution in [1.29, 1.82) is 0 Å². The number of ether oxygens (including phenoxy) is 3. The van der Waals surface area contributed by atoms with Gasteiger partial charge < -0.3 is 19.3 Å². The molecule has 4 nitrogen and oxygen atoms in total. The van der Waals surface area contributed by atoms with Gasteiger partial charge >= 0.3 is 0 Å². The summed E-state index contributed by atoms with van der Waals surface area (Å²) < 4.78 is 15.8. The number of methoxy groups -OCH3 is 3. The van der Waals surface area contributed by atoms with Crippen LogP contribution in [0.15, 0.2) is 12.1 Å². The normalized spacial score (nSPS) is 12.1. The fraction of sp³-hybridized carbons (Fsp3) is 0.538. The van der Waals surface area contributed by atoms with E-state index in [4.69, 9.17) is 14.2 Å². The first kappa shape index (κ1) is 13.6. The van der Waals surface area contributed by atoms with Gasteiger partial charge in [0.25, 0.3) is 0 Å². The van der Waals surface area contributed by atoms with Crippen molar-refractivity contribution in [2.45, 2.75) is 19.3 Å². The van der Waals surface area contributed by atoms with Crippen LogP contribution < -0.4 is 14.2 Å². The predicted octanol–water partition coefficient (Wildman–Crippen LogP) is 2.20. The fourth-order valence-electron chi connectivity index (χ4n) is 1.81. The highest BCUT2D eigenvalue weighted by molar-refractivity contribution is 5.54. The number of hydrogen-bond acceptors (Lipinski definition) is 4. The molecule has 1 aromatic rings. The third kappa shape index (κ3) is 2.82. The standard InChI is InChI=1S/C13H20O4/c1-5-9(8-14)10-6-11(15-2)13(17-4)12(7-10)16-3/h6-7,9,14H,5,8H2,1-4H3. The Labute approximate surface area is 102 Å². The zero-order chi connectivity index (χ0) is 12.8. The lowest BCUT2D eigenvalue weighted by Gasteiger charge is -2.17. The lowest BCUT2D eigenvalue weighted by Crippen LogP contribution is -2.04. The summed E-state index contributed by atoms with van der Waals surface area (Å²) in [5.41, 5.74) is 0.990. The van der Waals surface area contributed by atoms with Crippen molar-refractivity contribution >= 4 is 0 Å². The van der Waals surface area contributed by atoms with Crippen molar-refractivity contribution in [3.63, 3.8) is 0 Å². The summed E-state index contributed by atoms with van der Waals surface area (Å²) in [6, 6.07) is 3.76. The highest BCUT2D eigenvalue weighted by atomic mass is 16.5. The molecule has 0 aliphatic heterocycles. The largest absolute Gasteiger partial charge is 0.493 e. The molecule has 96 valence electrons. The number of aliphatic hydroxyl groups excluding tert-OH is 1. The molecule has 0 spiro atoms. The predicted molar refractivity (Wildman–Crippen MR) is 66.2 cm³/mol. The Bertz CT molecular complexity index is 333. The summed E-state index contributed by atoms with van der Waals surface area (Å²) in [5.74, 6) is 1.90. The molecule has 0 saturated heterocycles. The van der Waals surface area contributed by atoms with Gasteiger partial charge in [-0.3, -0.25) is 0 Å². The summed E-state index contributed by atoms with van der Waals surface area (Å²) >= 11 is 0. The molecule has 0 saturated carbocycles. The summed E-state index contributed by atoms with van der Waals surface area (Å²) in [7, 11) is 4.74. The van der Waals surface area contributed by atoms with Crippen molar-refractivity contribution in [3.8, 4) is 17.2 Å². The number of rotatable bonds is 6. The maximum absolute atomic E-state index is 9.32. The second kappa shape index (κ2) is 6.35. The summed E-state index contributed by atoms with van der Waals surface area (Å²) in [5, 5.41) is 9.32. The Balaban J connectivity index is 3.26. The fourth-order valence-corrected chi connectivity index (χ4v) is 1.81. The summed E-state index contributed by atoms with van der Waals surface area (Å²) in [6.45, 7) is 2.14. The molecular formula is C13H20O4. The van der Waals surface area contributed by atoms with Gasteiger partial charge in [-0.2, -0.15) is 0 Å². The molecule has 17 heavy (non-hydrogen) atoms. The SMILES string of the molecule is CCC(CO)c1cc(OC)c(OC)c(OC)c1. The van der Waals surface area contributed by atoms with Crippen molar-refractivity contribution in [1.82, 2.24) is 0 Å². The van der Waals surface area contributed by atoms with Crippen LogP contribution in [0.5, 0.6) is 17.2 Å². The van der Waals surface area contributed by atoms with Crippen molar-refractivity contribution in [2.24, 2.45) is 0 Å². The maximum atomic E-state index is 9.32. The molecule has 0 aliphatic carbocycles. The zero-order valence-corrected chi connectivity index (χ0v) is 10.8. The summed E-state index contributed by atoms with van der Waals surface area (Å²) in [4.78, 5) is 0. The van der Waals surface area contributed by atoms with Gasteiger partial charge in [-0.15, -0.1) is 0 Å². The Hall–Kier alpha value is -1.42. The summed E-state index contributed by atoms with van der Waals surface area (Å²) in [6.07, 6.45) is 0.856. The van der Waals surface area contributed by atoms with E-state index < -0.39 is 0 Å². The van der Waals surface area contributed by atoms with Crippen LogP contribution in [0.25, 0.3) is 0 Å². The van der Waals surface area contributed by atoms with Gasteiger partial charge in [-0.25, -0.2) is 0 Å². The molecule has 0 aliphatic rings. The molecule has 4 heteroatoms. The highest BCUT2D eigenvalue weighted by Gasteiger charge is 2.17. The van der Waals surface area contributed by atoms with Crippen LogP contribution in [-0.2, 0) is 0 Å². The first-order chi connectivity index (χ1) is 8.21. The molecule has 0 aromatic heterocycles. The second-order valence-electron chi connectivity index (χ2n) is 3.75. The molecule has 1 N–H and O–H groups in total. The van der Waals surface area contributed by atoms with Gasteiger partial charge in [0.05, 0.1) is 21.3 Å². The molecule has 1 rings (SSSR count). The van der Waals surface area contributed by atoms with E-state index in [1.165, 1.54) is 0 Å². The molecule has 1 unspecified atom stereocenters. The number of hydrogen-bond donors (Lipinski definition) is 1. The third-order valence-corrected chi connectivity index (χ3v) is 2.87. The van der Waals surface area contributed by atoms with Crippen LogP contribution in [-0.4, -0.2) is 33.0 Å². The number of aliphatic hydroxyl groups is 1. The maximum Gasteiger partial charge on any atom is 0.203 e. The van der Waals surface area contributed by atoms with Crippen molar-refractivity contribution < 1.29 is 19.3 Å². The highest BCUT2D eigenvalue weighted by Crippen LogP contribution is 2.40. The first-order valence-electron chi connectivity index (χ1n) is 5.62. The lowest BCUT2D eigenvalue weighted by molar-refractivity contribution is 0.261. The van der Waals surface area contributed by atoms with E-state index in [9.17, 15) is 5.11 Å². The van der Waals surface area contributed by atoms with Crippen LogP contribution in [0.3, 0.4) is 0 Å². The molecule has 0 radical (unpaired) electrons. The topological polar surface area (TPSA) is 47.9 Å². The van der Waals surface area contributed by atoms with E-state index in [0.29, 0.717) is 17.2 Å². The van der Waals surface area contributed by atoms with Gasteiger partial charge in [0.1, 0.15) is 0 Å². The van der Waals surface area contributed by atoms with Gasteiger partial charge in [0.2, 0.25) is 5.75 Å². The minimum absolute atomic E-state index is 0.0868. The molecule has 0 amide bonds. The molecule has 0 heterocycles. The monoisotopic (exact) mass is 240 g/mol. The van der Waals surface area contributed by atoms with Gasteiger partial charge in [0.15, 0.2) is 11.5 Å². The van der Waals surface area contributed by atoms with Gasteiger partial charge in [0, 0.05) is 12.5 Å². The van der Waals surface area contributed by atoms with Gasteiger partial charge in [-0.1, -0.05) is 6.92 Å². The van der Waals surface area contributed by atoms with Gasteiger partial charge in [-0.05, 0) is 24.1 Å². The Morgan fingerprint density at radius 2 is 1.59 bits per heavy atom. The van der Waals surface area contributed by atoms with Crippen LogP contribution in [0.1, 0.15) is 24.8 Å². The second-order valence-corrected chi connectivity index (χ2v) is 3.75. The van der Waals surface area contributed by atoms with Crippen LogP contribution in [0.4, 0.5) is 0 Å². The van der Waals surface area contributed by atoms with E-state index in [-0.39, 0.29) is 12.5 Å². The molecule has 0 bridgehead atoms. The Morgan fingerprint density at radius 3 is 1.88 bits per heavy atom. The minimum atomic E-state index is 0.0868.